The summed E-state index contributed by atoms with van der Waals surface area (Å²) in [4.78, 5) is 30.1. The van der Waals surface area contributed by atoms with E-state index in [1.165, 1.54) is 34.6 Å². The molecule has 2 amide bonds. The summed E-state index contributed by atoms with van der Waals surface area (Å²) < 4.78 is 38.7. The van der Waals surface area contributed by atoms with Crippen molar-refractivity contribution >= 4 is 28.3 Å². The van der Waals surface area contributed by atoms with Gasteiger partial charge in [-0.15, -0.1) is 11.3 Å². The summed E-state index contributed by atoms with van der Waals surface area (Å²) in [5, 5.41) is 4.68. The summed E-state index contributed by atoms with van der Waals surface area (Å²) in [6.07, 6.45) is -0.582. The van der Waals surface area contributed by atoms with E-state index in [9.17, 15) is 22.8 Å². The molecule has 5 nitrogen and oxygen atoms in total. The SMILES string of the molecule is CCCCCN(CC(=O)Nc1nccs1)C(=O)c1cccc(C(F)(F)F)c1. The first-order chi connectivity index (χ1) is 12.8. The van der Waals surface area contributed by atoms with Crippen molar-refractivity contribution in [2.75, 3.05) is 18.4 Å². The van der Waals surface area contributed by atoms with E-state index < -0.39 is 23.6 Å². The van der Waals surface area contributed by atoms with Crippen molar-refractivity contribution in [2.24, 2.45) is 0 Å². The molecule has 0 radical (unpaired) electrons. The van der Waals surface area contributed by atoms with Gasteiger partial charge in [-0.05, 0) is 24.6 Å². The average molecular weight is 399 g/mol. The van der Waals surface area contributed by atoms with Crippen molar-refractivity contribution in [1.29, 1.82) is 0 Å². The lowest BCUT2D eigenvalue weighted by atomic mass is 10.1. The average Bonchev–Trinajstić information content (AvgIpc) is 3.12. The van der Waals surface area contributed by atoms with Crippen molar-refractivity contribution in [3.05, 3.63) is 47.0 Å². The summed E-state index contributed by atoms with van der Waals surface area (Å²) in [5.74, 6) is -1.05. The van der Waals surface area contributed by atoms with E-state index in [2.05, 4.69) is 10.3 Å². The molecule has 1 aromatic carbocycles. The molecule has 0 spiro atoms. The first-order valence-corrected chi connectivity index (χ1v) is 9.35. The van der Waals surface area contributed by atoms with Crippen LogP contribution in [0.3, 0.4) is 0 Å². The lowest BCUT2D eigenvalue weighted by molar-refractivity contribution is -0.137. The highest BCUT2D eigenvalue weighted by Crippen LogP contribution is 2.29. The summed E-state index contributed by atoms with van der Waals surface area (Å²) in [7, 11) is 0. The number of carbonyl (C=O) groups excluding carboxylic acids is 2. The largest absolute Gasteiger partial charge is 0.416 e. The van der Waals surface area contributed by atoms with Crippen LogP contribution in [0.2, 0.25) is 0 Å². The first kappa shape index (κ1) is 20.9. The van der Waals surface area contributed by atoms with Crippen molar-refractivity contribution < 1.29 is 22.8 Å². The number of hydrogen-bond donors (Lipinski definition) is 1. The fourth-order valence-corrected chi connectivity index (χ4v) is 2.98. The highest BCUT2D eigenvalue weighted by molar-refractivity contribution is 7.13. The van der Waals surface area contributed by atoms with Gasteiger partial charge in [-0.25, -0.2) is 4.98 Å². The van der Waals surface area contributed by atoms with Crippen LogP contribution < -0.4 is 5.32 Å². The van der Waals surface area contributed by atoms with Gasteiger partial charge in [0, 0.05) is 23.7 Å². The minimum atomic E-state index is -4.54. The number of hydrogen-bond acceptors (Lipinski definition) is 4. The van der Waals surface area contributed by atoms with Gasteiger partial charge in [0.15, 0.2) is 5.13 Å². The molecule has 0 bridgehead atoms. The van der Waals surface area contributed by atoms with E-state index >= 15 is 0 Å². The maximum Gasteiger partial charge on any atom is 0.416 e. The van der Waals surface area contributed by atoms with Gasteiger partial charge in [0.2, 0.25) is 5.91 Å². The van der Waals surface area contributed by atoms with Gasteiger partial charge >= 0.3 is 6.18 Å². The number of amides is 2. The molecule has 27 heavy (non-hydrogen) atoms. The molecule has 0 fully saturated rings. The fraction of sp³-hybridized carbons (Fsp3) is 0.389. The van der Waals surface area contributed by atoms with Crippen LogP contribution in [0.4, 0.5) is 18.3 Å². The van der Waals surface area contributed by atoms with Gasteiger partial charge in [-0.3, -0.25) is 9.59 Å². The molecule has 0 saturated heterocycles. The zero-order chi connectivity index (χ0) is 19.9. The molecular formula is C18H20F3N3O2S. The molecule has 2 rings (SSSR count). The summed E-state index contributed by atoms with van der Waals surface area (Å²) in [6.45, 7) is 2.03. The smallest absolute Gasteiger partial charge is 0.329 e. The van der Waals surface area contributed by atoms with Crippen LogP contribution in [0.25, 0.3) is 0 Å². The molecule has 0 aliphatic carbocycles. The number of nitrogens with one attached hydrogen (secondary N) is 1. The van der Waals surface area contributed by atoms with Gasteiger partial charge < -0.3 is 10.2 Å². The Labute approximate surface area is 159 Å². The Bertz CT molecular complexity index is 763. The van der Waals surface area contributed by atoms with Crippen LogP contribution in [-0.4, -0.2) is 34.8 Å². The van der Waals surface area contributed by atoms with E-state index in [1.54, 1.807) is 5.38 Å². The van der Waals surface area contributed by atoms with E-state index in [0.717, 1.165) is 25.0 Å². The van der Waals surface area contributed by atoms with Gasteiger partial charge in [-0.1, -0.05) is 25.8 Å². The van der Waals surface area contributed by atoms with Crippen molar-refractivity contribution in [1.82, 2.24) is 9.88 Å². The first-order valence-electron chi connectivity index (χ1n) is 8.47. The lowest BCUT2D eigenvalue weighted by Crippen LogP contribution is -2.38. The molecule has 0 unspecified atom stereocenters. The molecule has 9 heteroatoms. The monoisotopic (exact) mass is 399 g/mol. The highest BCUT2D eigenvalue weighted by Gasteiger charge is 2.31. The number of nitrogens with zero attached hydrogens (tertiary/aromatic N) is 2. The Morgan fingerprint density at radius 2 is 2.04 bits per heavy atom. The predicted octanol–water partition coefficient (Wildman–Crippen LogP) is 4.43. The van der Waals surface area contributed by atoms with Crippen LogP contribution in [0.15, 0.2) is 35.8 Å². The van der Waals surface area contributed by atoms with E-state index in [1.807, 2.05) is 6.92 Å². The van der Waals surface area contributed by atoms with Crippen LogP contribution >= 0.6 is 11.3 Å². The van der Waals surface area contributed by atoms with Crippen LogP contribution in [-0.2, 0) is 11.0 Å². The third-order valence-corrected chi connectivity index (χ3v) is 4.46. The quantitative estimate of drug-likeness (QED) is 0.668. The summed E-state index contributed by atoms with van der Waals surface area (Å²) >= 11 is 1.24. The second-order valence-corrected chi connectivity index (χ2v) is 6.79. The third-order valence-electron chi connectivity index (χ3n) is 3.77. The van der Waals surface area contributed by atoms with Gasteiger partial charge in [0.05, 0.1) is 5.56 Å². The third kappa shape index (κ3) is 6.35. The number of halogens is 3. The zero-order valence-corrected chi connectivity index (χ0v) is 15.6. The van der Waals surface area contributed by atoms with Gasteiger partial charge in [-0.2, -0.15) is 13.2 Å². The Morgan fingerprint density at radius 1 is 1.26 bits per heavy atom. The number of unbranched alkanes of at least 4 members (excludes halogenated alkanes) is 2. The topological polar surface area (TPSA) is 62.3 Å². The number of carbonyl (C=O) groups is 2. The van der Waals surface area contributed by atoms with E-state index in [4.69, 9.17) is 0 Å². The van der Waals surface area contributed by atoms with Crippen LogP contribution in [0, 0.1) is 0 Å². The Kier molecular flexibility index (Phi) is 7.35. The van der Waals surface area contributed by atoms with Crippen molar-refractivity contribution in [3.63, 3.8) is 0 Å². The molecule has 0 atom stereocenters. The molecule has 1 heterocycles. The highest BCUT2D eigenvalue weighted by atomic mass is 32.1. The minimum absolute atomic E-state index is 0.0941. The van der Waals surface area contributed by atoms with E-state index in [-0.39, 0.29) is 18.7 Å². The lowest BCUT2D eigenvalue weighted by Gasteiger charge is -2.22. The number of thiazole rings is 1. The zero-order valence-electron chi connectivity index (χ0n) is 14.8. The molecule has 0 saturated carbocycles. The number of benzene rings is 1. The van der Waals surface area contributed by atoms with Crippen LogP contribution in [0.5, 0.6) is 0 Å². The standard InChI is InChI=1S/C18H20F3N3O2S/c1-2-3-4-9-24(12-15(25)23-17-22-8-10-27-17)16(26)13-6-5-7-14(11-13)18(19,20)21/h5-8,10-11H,2-4,9,12H2,1H3,(H,22,23,25). The van der Waals surface area contributed by atoms with Crippen molar-refractivity contribution in [2.45, 2.75) is 32.4 Å². The molecule has 1 N–H and O–H groups in total. The summed E-state index contributed by atoms with van der Waals surface area (Å²) in [5.41, 5.74) is -0.988. The minimum Gasteiger partial charge on any atom is -0.329 e. The molecule has 1 aromatic heterocycles. The second kappa shape index (κ2) is 9.50. The Morgan fingerprint density at radius 3 is 2.67 bits per heavy atom. The van der Waals surface area contributed by atoms with Gasteiger partial charge in [0.1, 0.15) is 6.54 Å². The van der Waals surface area contributed by atoms with E-state index in [0.29, 0.717) is 11.6 Å². The van der Waals surface area contributed by atoms with Crippen LogP contribution in [0.1, 0.15) is 42.1 Å². The summed E-state index contributed by atoms with van der Waals surface area (Å²) in [6, 6.07) is 4.24. The number of anilines is 1. The molecular weight excluding hydrogens is 379 g/mol. The second-order valence-electron chi connectivity index (χ2n) is 5.90. The number of alkyl halides is 3. The molecule has 146 valence electrons. The molecule has 0 aliphatic heterocycles. The Balaban J connectivity index is 2.14. The van der Waals surface area contributed by atoms with Gasteiger partial charge in [0.25, 0.3) is 5.91 Å². The maximum absolute atomic E-state index is 12.9. The number of aromatic nitrogens is 1. The Hall–Kier alpha value is -2.42. The predicted molar refractivity (Wildman–Crippen MR) is 97.6 cm³/mol. The fourth-order valence-electron chi connectivity index (χ4n) is 2.43. The van der Waals surface area contributed by atoms with Crippen molar-refractivity contribution in [3.8, 4) is 0 Å². The molecule has 0 aliphatic rings. The number of rotatable bonds is 8. The molecule has 2 aromatic rings. The normalized spacial score (nSPS) is 11.3. The maximum atomic E-state index is 12.9.